The van der Waals surface area contributed by atoms with Crippen LogP contribution < -0.4 is 0 Å². The van der Waals surface area contributed by atoms with E-state index in [1.807, 2.05) is 0 Å². The summed E-state index contributed by atoms with van der Waals surface area (Å²) >= 11 is 0. The molecule has 1 aliphatic heterocycles. The van der Waals surface area contributed by atoms with Gasteiger partial charge in [0.15, 0.2) is 0 Å². The average molecular weight is 329 g/mol. The molecule has 0 spiro atoms. The van der Waals surface area contributed by atoms with E-state index in [0.29, 0.717) is 23.8 Å². The van der Waals surface area contributed by atoms with E-state index in [1.54, 1.807) is 0 Å². The van der Waals surface area contributed by atoms with Crippen molar-refractivity contribution in [3.63, 3.8) is 0 Å². The van der Waals surface area contributed by atoms with Crippen LogP contribution >= 0.6 is 0 Å². The number of carbonyl (C=O) groups excluding carboxylic acids is 1. The van der Waals surface area contributed by atoms with Gasteiger partial charge in [0, 0.05) is 31.2 Å². The first-order chi connectivity index (χ1) is 11.5. The predicted octanol–water partition coefficient (Wildman–Crippen LogP) is 4.33. The number of benzene rings is 1. The highest BCUT2D eigenvalue weighted by Crippen LogP contribution is 2.49. The first-order valence-electron chi connectivity index (χ1n) is 9.48. The summed E-state index contributed by atoms with van der Waals surface area (Å²) in [5.41, 5.74) is 2.70. The molecule has 2 atom stereocenters. The van der Waals surface area contributed by atoms with Crippen molar-refractivity contribution in [2.45, 2.75) is 70.9 Å². The minimum atomic E-state index is 0.181. The van der Waals surface area contributed by atoms with Crippen molar-refractivity contribution >= 4 is 5.91 Å². The van der Waals surface area contributed by atoms with Crippen LogP contribution in [-0.2, 0) is 9.53 Å². The van der Waals surface area contributed by atoms with Gasteiger partial charge in [0.05, 0.1) is 0 Å². The van der Waals surface area contributed by atoms with Crippen LogP contribution in [0, 0.1) is 5.92 Å². The Labute approximate surface area is 146 Å². The zero-order chi connectivity index (χ0) is 17.3. The van der Waals surface area contributed by atoms with Crippen molar-refractivity contribution in [3.05, 3.63) is 35.4 Å². The van der Waals surface area contributed by atoms with Gasteiger partial charge in [-0.15, -0.1) is 0 Å². The second-order valence-electron chi connectivity index (χ2n) is 7.95. The first-order valence-corrected chi connectivity index (χ1v) is 9.48. The van der Waals surface area contributed by atoms with Gasteiger partial charge in [0.25, 0.3) is 0 Å². The normalized spacial score (nSPS) is 24.4. The van der Waals surface area contributed by atoms with Gasteiger partial charge in [0.2, 0.25) is 5.91 Å². The van der Waals surface area contributed by atoms with Crippen molar-refractivity contribution in [3.8, 4) is 0 Å². The Morgan fingerprint density at radius 3 is 2.25 bits per heavy atom. The monoisotopic (exact) mass is 329 g/mol. The van der Waals surface area contributed by atoms with Gasteiger partial charge in [-0.25, -0.2) is 0 Å². The smallest absolute Gasteiger partial charge is 0.226 e. The van der Waals surface area contributed by atoms with Crippen LogP contribution in [0.5, 0.6) is 0 Å². The zero-order valence-electron chi connectivity index (χ0n) is 15.5. The maximum Gasteiger partial charge on any atom is 0.226 e. The molecule has 1 saturated heterocycles. The number of nitrogens with zero attached hydrogens (tertiary/aromatic N) is 1. The molecule has 1 aromatic carbocycles. The molecule has 0 radical (unpaired) electrons. The van der Waals surface area contributed by atoms with Crippen molar-refractivity contribution < 1.29 is 9.53 Å². The standard InChI is InChI=1S/C21H31NO2/c1-14(2)16-5-7-17(8-6-16)19-13-20(19)21(23)22(15(3)4)18-9-11-24-12-10-18/h5-8,14-15,18-20H,9-13H2,1-4H3/t19-,20-/m1/s1. The van der Waals surface area contributed by atoms with Gasteiger partial charge in [-0.2, -0.15) is 0 Å². The molecule has 1 aliphatic carbocycles. The van der Waals surface area contributed by atoms with Crippen molar-refractivity contribution in [1.82, 2.24) is 4.90 Å². The van der Waals surface area contributed by atoms with Crippen molar-refractivity contribution in [1.29, 1.82) is 0 Å². The van der Waals surface area contributed by atoms with Crippen LogP contribution in [0.2, 0.25) is 0 Å². The maximum absolute atomic E-state index is 13.1. The van der Waals surface area contributed by atoms with E-state index >= 15 is 0 Å². The Hall–Kier alpha value is -1.35. The summed E-state index contributed by atoms with van der Waals surface area (Å²) in [6, 6.07) is 9.51. The molecule has 3 heteroatoms. The van der Waals surface area contributed by atoms with Gasteiger partial charge in [-0.3, -0.25) is 4.79 Å². The summed E-state index contributed by atoms with van der Waals surface area (Å²) in [6.07, 6.45) is 2.96. The fourth-order valence-electron chi connectivity index (χ4n) is 3.98. The van der Waals surface area contributed by atoms with Crippen LogP contribution in [0.4, 0.5) is 0 Å². The zero-order valence-corrected chi connectivity index (χ0v) is 15.5. The fraction of sp³-hybridized carbons (Fsp3) is 0.667. The van der Waals surface area contributed by atoms with Crippen LogP contribution in [0.1, 0.15) is 69.9 Å². The van der Waals surface area contributed by atoms with E-state index < -0.39 is 0 Å². The number of carbonyl (C=O) groups is 1. The van der Waals surface area contributed by atoms with Crippen molar-refractivity contribution in [2.75, 3.05) is 13.2 Å². The molecular weight excluding hydrogens is 298 g/mol. The Morgan fingerprint density at radius 1 is 1.08 bits per heavy atom. The molecule has 0 bridgehead atoms. The van der Waals surface area contributed by atoms with Crippen molar-refractivity contribution in [2.24, 2.45) is 5.92 Å². The predicted molar refractivity (Wildman–Crippen MR) is 97.2 cm³/mol. The number of hydrogen-bond donors (Lipinski definition) is 0. The minimum absolute atomic E-state index is 0.181. The van der Waals surface area contributed by atoms with Crippen LogP contribution in [0.3, 0.4) is 0 Å². The maximum atomic E-state index is 13.1. The molecule has 1 saturated carbocycles. The van der Waals surface area contributed by atoms with Crippen LogP contribution in [0.25, 0.3) is 0 Å². The molecule has 132 valence electrons. The lowest BCUT2D eigenvalue weighted by atomic mass is 9.99. The molecule has 0 unspecified atom stereocenters. The van der Waals surface area contributed by atoms with E-state index in [2.05, 4.69) is 56.9 Å². The third kappa shape index (κ3) is 3.66. The topological polar surface area (TPSA) is 29.5 Å². The quantitative estimate of drug-likeness (QED) is 0.805. The van der Waals surface area contributed by atoms with Gasteiger partial charge < -0.3 is 9.64 Å². The summed E-state index contributed by atoms with van der Waals surface area (Å²) in [6.45, 7) is 10.3. The van der Waals surface area contributed by atoms with E-state index in [4.69, 9.17) is 4.74 Å². The summed E-state index contributed by atoms with van der Waals surface area (Å²) in [5.74, 6) is 1.51. The lowest BCUT2D eigenvalue weighted by Gasteiger charge is -2.37. The highest BCUT2D eigenvalue weighted by atomic mass is 16.5. The Balaban J connectivity index is 1.66. The highest BCUT2D eigenvalue weighted by Gasteiger charge is 2.47. The fourth-order valence-corrected chi connectivity index (χ4v) is 3.98. The van der Waals surface area contributed by atoms with Crippen LogP contribution in [0.15, 0.2) is 24.3 Å². The lowest BCUT2D eigenvalue weighted by Crippen LogP contribution is -2.48. The molecule has 0 N–H and O–H groups in total. The van der Waals surface area contributed by atoms with E-state index in [9.17, 15) is 4.79 Å². The molecule has 2 fully saturated rings. The minimum Gasteiger partial charge on any atom is -0.381 e. The largest absolute Gasteiger partial charge is 0.381 e. The summed E-state index contributed by atoms with van der Waals surface area (Å²) in [4.78, 5) is 15.2. The Bertz CT molecular complexity index is 558. The number of rotatable bonds is 5. The molecule has 1 aromatic rings. The second kappa shape index (κ2) is 7.26. The Morgan fingerprint density at radius 2 is 1.71 bits per heavy atom. The van der Waals surface area contributed by atoms with Gasteiger partial charge in [-0.1, -0.05) is 38.1 Å². The molecule has 3 nitrogen and oxygen atoms in total. The van der Waals surface area contributed by atoms with Gasteiger partial charge in [0.1, 0.15) is 0 Å². The van der Waals surface area contributed by atoms with E-state index in [-0.39, 0.29) is 12.0 Å². The average Bonchev–Trinajstić information content (AvgIpc) is 3.36. The number of hydrogen-bond acceptors (Lipinski definition) is 2. The van der Waals surface area contributed by atoms with Crippen LogP contribution in [-0.4, -0.2) is 36.1 Å². The number of amides is 1. The molecule has 1 amide bonds. The molecule has 0 aromatic heterocycles. The lowest BCUT2D eigenvalue weighted by molar-refractivity contribution is -0.139. The summed E-state index contributed by atoms with van der Waals surface area (Å²) in [5, 5.41) is 0. The molecular formula is C21H31NO2. The summed E-state index contributed by atoms with van der Waals surface area (Å²) in [7, 11) is 0. The summed E-state index contributed by atoms with van der Waals surface area (Å²) < 4.78 is 5.47. The third-order valence-corrected chi connectivity index (χ3v) is 5.53. The molecule has 3 rings (SSSR count). The van der Waals surface area contributed by atoms with Gasteiger partial charge >= 0.3 is 0 Å². The van der Waals surface area contributed by atoms with E-state index in [0.717, 1.165) is 32.5 Å². The third-order valence-electron chi connectivity index (χ3n) is 5.53. The Kier molecular flexibility index (Phi) is 5.29. The molecule has 2 aliphatic rings. The SMILES string of the molecule is CC(C)c1ccc([C@H]2C[C@H]2C(=O)N(C(C)C)C2CCOCC2)cc1. The van der Waals surface area contributed by atoms with E-state index in [1.165, 1.54) is 11.1 Å². The van der Waals surface area contributed by atoms with Gasteiger partial charge in [-0.05, 0) is 56.1 Å². The highest BCUT2D eigenvalue weighted by molar-refractivity contribution is 5.83. The molecule has 1 heterocycles. The number of ether oxygens (including phenoxy) is 1. The molecule has 24 heavy (non-hydrogen) atoms. The first kappa shape index (κ1) is 17.5. The second-order valence-corrected chi connectivity index (χ2v) is 7.95.